The third-order valence-electron chi connectivity index (χ3n) is 3.06. The summed E-state index contributed by atoms with van der Waals surface area (Å²) in [4.78, 5) is 16.3. The summed E-state index contributed by atoms with van der Waals surface area (Å²) in [5, 5.41) is 13.0. The molecule has 1 aromatic carbocycles. The number of hydrogen-bond acceptors (Lipinski definition) is 5. The van der Waals surface area contributed by atoms with Crippen molar-refractivity contribution in [1.82, 2.24) is 0 Å². The fraction of sp³-hybridized carbons (Fsp3) is 0.429. The minimum Gasteiger partial charge on any atom is -0.491 e. The Kier molecular flexibility index (Phi) is 3.94. The van der Waals surface area contributed by atoms with Crippen molar-refractivity contribution in [2.24, 2.45) is 10.9 Å². The van der Waals surface area contributed by atoms with Crippen LogP contribution in [0.4, 0.5) is 0 Å². The van der Waals surface area contributed by atoms with Gasteiger partial charge in [-0.25, -0.2) is 4.79 Å². The highest BCUT2D eigenvalue weighted by molar-refractivity contribution is 6.04. The molecule has 0 bridgehead atoms. The summed E-state index contributed by atoms with van der Waals surface area (Å²) in [7, 11) is 0. The molecule has 20 heavy (non-hydrogen) atoms. The quantitative estimate of drug-likeness (QED) is 0.848. The first kappa shape index (κ1) is 14.3. The molecular formula is C14H18N2O4. The number of nitrogens with zero attached hydrogens (tertiary/aromatic N) is 1. The van der Waals surface area contributed by atoms with Crippen LogP contribution in [0.1, 0.15) is 25.8 Å². The largest absolute Gasteiger partial charge is 0.491 e. The van der Waals surface area contributed by atoms with Gasteiger partial charge < -0.3 is 20.4 Å². The molecule has 0 aromatic heterocycles. The maximum Gasteiger partial charge on any atom is 0.352 e. The van der Waals surface area contributed by atoms with E-state index in [9.17, 15) is 9.90 Å². The number of carboxylic acids is 1. The molecule has 0 spiro atoms. The lowest BCUT2D eigenvalue weighted by Gasteiger charge is -2.18. The highest BCUT2D eigenvalue weighted by atomic mass is 16.7. The van der Waals surface area contributed by atoms with E-state index >= 15 is 0 Å². The van der Waals surface area contributed by atoms with E-state index in [1.54, 1.807) is 0 Å². The fourth-order valence-corrected chi connectivity index (χ4v) is 1.94. The number of hydrogen-bond donors (Lipinski definition) is 2. The Hall–Kier alpha value is -2.08. The highest BCUT2D eigenvalue weighted by Gasteiger charge is 2.46. The predicted octanol–water partition coefficient (Wildman–Crippen LogP) is 1.38. The molecular weight excluding hydrogens is 260 g/mol. The molecule has 0 aliphatic carbocycles. The van der Waals surface area contributed by atoms with Gasteiger partial charge in [-0.1, -0.05) is 5.16 Å². The lowest BCUT2D eigenvalue weighted by atomic mass is 9.94. The van der Waals surface area contributed by atoms with E-state index in [1.165, 1.54) is 0 Å². The molecule has 1 unspecified atom stereocenters. The Morgan fingerprint density at radius 3 is 2.60 bits per heavy atom. The third-order valence-corrected chi connectivity index (χ3v) is 3.06. The summed E-state index contributed by atoms with van der Waals surface area (Å²) < 4.78 is 5.55. The molecule has 0 radical (unpaired) electrons. The number of oxime groups is 1. The predicted molar refractivity (Wildman–Crippen MR) is 73.9 cm³/mol. The SMILES string of the molecule is CC(C)Oc1ccc(C2=NOC(CN)(C(=O)O)C2)cc1. The first-order chi connectivity index (χ1) is 9.47. The minimum atomic E-state index is -1.44. The standard InChI is InChI=1S/C14H18N2O4/c1-9(2)19-11-5-3-10(4-6-11)12-7-14(8-15,13(17)18)20-16-12/h3-6,9H,7-8,15H2,1-2H3,(H,17,18). The van der Waals surface area contributed by atoms with Gasteiger partial charge >= 0.3 is 5.97 Å². The van der Waals surface area contributed by atoms with E-state index in [4.69, 9.17) is 15.3 Å². The highest BCUT2D eigenvalue weighted by Crippen LogP contribution is 2.27. The van der Waals surface area contributed by atoms with E-state index in [0.717, 1.165) is 11.3 Å². The summed E-state index contributed by atoms with van der Waals surface area (Å²) in [6, 6.07) is 7.30. The number of aliphatic carboxylic acids is 1. The van der Waals surface area contributed by atoms with Gasteiger partial charge in [-0.2, -0.15) is 0 Å². The Labute approximate surface area is 117 Å². The number of nitrogens with two attached hydrogens (primary N) is 1. The van der Waals surface area contributed by atoms with Crippen molar-refractivity contribution in [2.45, 2.75) is 32.0 Å². The summed E-state index contributed by atoms with van der Waals surface area (Å²) in [6.07, 6.45) is 0.258. The maximum absolute atomic E-state index is 11.2. The van der Waals surface area contributed by atoms with Crippen molar-refractivity contribution in [2.75, 3.05) is 6.54 Å². The van der Waals surface area contributed by atoms with Crippen LogP contribution in [0.15, 0.2) is 29.4 Å². The Morgan fingerprint density at radius 2 is 2.15 bits per heavy atom. The third kappa shape index (κ3) is 2.75. The van der Waals surface area contributed by atoms with Crippen molar-refractivity contribution < 1.29 is 19.5 Å². The molecule has 1 atom stereocenters. The molecule has 0 fully saturated rings. The van der Waals surface area contributed by atoms with Gasteiger partial charge in [-0.15, -0.1) is 0 Å². The zero-order valence-electron chi connectivity index (χ0n) is 11.5. The zero-order valence-corrected chi connectivity index (χ0v) is 11.5. The second-order valence-corrected chi connectivity index (χ2v) is 5.00. The average Bonchev–Trinajstić information content (AvgIpc) is 2.85. The number of rotatable bonds is 5. The van der Waals surface area contributed by atoms with Gasteiger partial charge in [0.25, 0.3) is 5.60 Å². The normalized spacial score (nSPS) is 21.5. The second kappa shape index (κ2) is 5.50. The second-order valence-electron chi connectivity index (χ2n) is 5.00. The van der Waals surface area contributed by atoms with E-state index in [-0.39, 0.29) is 19.1 Å². The smallest absolute Gasteiger partial charge is 0.352 e. The fourth-order valence-electron chi connectivity index (χ4n) is 1.94. The molecule has 1 aromatic rings. The molecule has 6 nitrogen and oxygen atoms in total. The Bertz CT molecular complexity index is 524. The minimum absolute atomic E-state index is 0.102. The summed E-state index contributed by atoms with van der Waals surface area (Å²) >= 11 is 0. The van der Waals surface area contributed by atoms with Gasteiger partial charge in [-0.3, -0.25) is 0 Å². The van der Waals surface area contributed by atoms with Crippen LogP contribution in [0.25, 0.3) is 0 Å². The molecule has 2 rings (SSSR count). The zero-order chi connectivity index (χ0) is 14.8. The lowest BCUT2D eigenvalue weighted by Crippen LogP contribution is -2.45. The number of ether oxygens (including phenoxy) is 1. The van der Waals surface area contributed by atoms with Crippen LogP contribution in [0, 0.1) is 0 Å². The van der Waals surface area contributed by atoms with Gasteiger partial charge in [0.2, 0.25) is 0 Å². The van der Waals surface area contributed by atoms with Crippen LogP contribution >= 0.6 is 0 Å². The van der Waals surface area contributed by atoms with Crippen LogP contribution in [0.5, 0.6) is 5.75 Å². The van der Waals surface area contributed by atoms with Crippen molar-refractivity contribution in [3.05, 3.63) is 29.8 Å². The van der Waals surface area contributed by atoms with E-state index in [2.05, 4.69) is 5.16 Å². The lowest BCUT2D eigenvalue weighted by molar-refractivity contribution is -0.161. The molecule has 1 heterocycles. The molecule has 1 aliphatic rings. The van der Waals surface area contributed by atoms with E-state index in [0.29, 0.717) is 5.71 Å². The Balaban J connectivity index is 2.12. The topological polar surface area (TPSA) is 94.1 Å². The van der Waals surface area contributed by atoms with Gasteiger partial charge in [0, 0.05) is 13.0 Å². The van der Waals surface area contributed by atoms with Crippen molar-refractivity contribution in [3.63, 3.8) is 0 Å². The van der Waals surface area contributed by atoms with Crippen molar-refractivity contribution in [3.8, 4) is 5.75 Å². The number of carbonyl (C=O) groups is 1. The molecule has 6 heteroatoms. The van der Waals surface area contributed by atoms with Crippen LogP contribution in [-0.4, -0.2) is 35.0 Å². The first-order valence-corrected chi connectivity index (χ1v) is 6.42. The molecule has 108 valence electrons. The number of carboxylic acid groups (broad SMARTS) is 1. The molecule has 0 saturated carbocycles. The number of benzene rings is 1. The first-order valence-electron chi connectivity index (χ1n) is 6.42. The summed E-state index contributed by atoms with van der Waals surface area (Å²) in [6.45, 7) is 3.78. The monoisotopic (exact) mass is 278 g/mol. The maximum atomic E-state index is 11.2. The molecule has 0 saturated heterocycles. The van der Waals surface area contributed by atoms with Gasteiger partial charge in [-0.05, 0) is 43.7 Å². The van der Waals surface area contributed by atoms with Gasteiger partial charge in [0.1, 0.15) is 5.75 Å². The molecule has 0 amide bonds. The van der Waals surface area contributed by atoms with E-state index in [1.807, 2.05) is 38.1 Å². The van der Waals surface area contributed by atoms with Crippen molar-refractivity contribution >= 4 is 11.7 Å². The average molecular weight is 278 g/mol. The molecule has 1 aliphatic heterocycles. The summed E-state index contributed by atoms with van der Waals surface area (Å²) in [5.74, 6) is -0.343. The van der Waals surface area contributed by atoms with E-state index < -0.39 is 11.6 Å². The van der Waals surface area contributed by atoms with Crippen molar-refractivity contribution in [1.29, 1.82) is 0 Å². The molecule has 3 N–H and O–H groups in total. The van der Waals surface area contributed by atoms with Crippen LogP contribution in [0.2, 0.25) is 0 Å². The van der Waals surface area contributed by atoms with Crippen LogP contribution < -0.4 is 10.5 Å². The summed E-state index contributed by atoms with van der Waals surface area (Å²) in [5.41, 5.74) is 5.43. The van der Waals surface area contributed by atoms with Gasteiger partial charge in [0.05, 0.1) is 11.8 Å². The van der Waals surface area contributed by atoms with Crippen LogP contribution in [-0.2, 0) is 9.63 Å². The van der Waals surface area contributed by atoms with Gasteiger partial charge in [0.15, 0.2) is 0 Å². The Morgan fingerprint density at radius 1 is 1.50 bits per heavy atom. The van der Waals surface area contributed by atoms with Crippen LogP contribution in [0.3, 0.4) is 0 Å².